The minimum Gasteiger partial charge on any atom is -0.450 e. The zero-order valence-electron chi connectivity index (χ0n) is 22.4. The minimum absolute atomic E-state index is 0.0391. The van der Waals surface area contributed by atoms with Gasteiger partial charge in [0.2, 0.25) is 5.82 Å². The van der Waals surface area contributed by atoms with E-state index in [9.17, 15) is 4.39 Å². The third-order valence-corrected chi connectivity index (χ3v) is 9.02. The Morgan fingerprint density at radius 2 is 1.49 bits per heavy atom. The lowest BCUT2D eigenvalue weighted by atomic mass is 9.76. The van der Waals surface area contributed by atoms with Crippen LogP contribution in [0.1, 0.15) is 100 Å². The first-order chi connectivity index (χ1) is 18.0. The van der Waals surface area contributed by atoms with Gasteiger partial charge in [0.25, 0.3) is 0 Å². The average molecular weight is 515 g/mol. The number of fused-ring (bicyclic) bond motifs is 2. The Labute approximate surface area is 219 Å². The molecule has 0 spiro atoms. The number of hydrogen-bond acceptors (Lipinski definition) is 2. The van der Waals surface area contributed by atoms with Gasteiger partial charge in [-0.25, -0.2) is 8.78 Å². The second-order valence-corrected chi connectivity index (χ2v) is 11.6. The van der Waals surface area contributed by atoms with Crippen molar-refractivity contribution in [1.82, 2.24) is 0 Å². The lowest BCUT2D eigenvalue weighted by Gasteiger charge is -2.38. The summed E-state index contributed by atoms with van der Waals surface area (Å²) in [5.74, 6) is -0.500. The fourth-order valence-electron chi connectivity index (χ4n) is 6.84. The fourth-order valence-corrected chi connectivity index (χ4v) is 6.84. The Kier molecular flexibility index (Phi) is 8.48. The zero-order valence-corrected chi connectivity index (χ0v) is 22.4. The van der Waals surface area contributed by atoms with Crippen LogP contribution >= 0.6 is 0 Å². The molecule has 5 heteroatoms. The molecule has 2 nitrogen and oxygen atoms in total. The van der Waals surface area contributed by atoms with Crippen LogP contribution in [0.15, 0.2) is 18.2 Å². The molecule has 202 valence electrons. The minimum atomic E-state index is -1.00. The molecule has 5 rings (SSSR count). The Morgan fingerprint density at radius 1 is 0.730 bits per heavy atom. The smallest absolute Gasteiger partial charge is 0.201 e. The molecule has 1 saturated carbocycles. The van der Waals surface area contributed by atoms with Gasteiger partial charge in [-0.15, -0.1) is 0 Å². The molecule has 2 atom stereocenters. The lowest BCUT2D eigenvalue weighted by Crippen LogP contribution is -2.34. The van der Waals surface area contributed by atoms with E-state index in [-0.39, 0.29) is 11.5 Å². The van der Waals surface area contributed by atoms with Gasteiger partial charge in [0.1, 0.15) is 0 Å². The van der Waals surface area contributed by atoms with Crippen LogP contribution in [0, 0.1) is 35.2 Å². The first-order valence-corrected chi connectivity index (χ1v) is 14.6. The number of benzene rings is 2. The van der Waals surface area contributed by atoms with Gasteiger partial charge in [0.15, 0.2) is 23.1 Å². The molecule has 0 bridgehead atoms. The topological polar surface area (TPSA) is 18.5 Å². The molecule has 2 heterocycles. The van der Waals surface area contributed by atoms with Gasteiger partial charge in [-0.3, -0.25) is 0 Å². The van der Waals surface area contributed by atoms with Crippen LogP contribution in [0.2, 0.25) is 0 Å². The van der Waals surface area contributed by atoms with Crippen LogP contribution in [0.5, 0.6) is 11.5 Å². The largest absolute Gasteiger partial charge is 0.450 e. The third kappa shape index (κ3) is 5.72. The van der Waals surface area contributed by atoms with E-state index in [0.29, 0.717) is 66.1 Å². The van der Waals surface area contributed by atoms with Crippen molar-refractivity contribution in [2.24, 2.45) is 17.8 Å². The highest BCUT2D eigenvalue weighted by atomic mass is 19.2. The highest BCUT2D eigenvalue weighted by molar-refractivity contribution is 5.53. The summed E-state index contributed by atoms with van der Waals surface area (Å²) in [7, 11) is 0. The molecule has 3 aliphatic rings. The van der Waals surface area contributed by atoms with Gasteiger partial charge in [-0.1, -0.05) is 58.1 Å². The molecule has 0 aromatic heterocycles. The Morgan fingerprint density at radius 3 is 2.19 bits per heavy atom. The number of ether oxygens (including phenoxy) is 2. The predicted molar refractivity (Wildman–Crippen MR) is 141 cm³/mol. The summed E-state index contributed by atoms with van der Waals surface area (Å²) in [6.07, 6.45) is 13.4. The monoisotopic (exact) mass is 514 g/mol. The van der Waals surface area contributed by atoms with Crippen LogP contribution in [0.25, 0.3) is 0 Å². The number of hydrogen-bond donors (Lipinski definition) is 0. The Hall–Kier alpha value is -2.01. The highest BCUT2D eigenvalue weighted by Crippen LogP contribution is 2.43. The Bertz CT molecular complexity index is 1080. The molecule has 37 heavy (non-hydrogen) atoms. The van der Waals surface area contributed by atoms with Crippen molar-refractivity contribution in [3.63, 3.8) is 0 Å². The quantitative estimate of drug-likeness (QED) is 0.298. The lowest BCUT2D eigenvalue weighted by molar-refractivity contribution is -0.0594. The van der Waals surface area contributed by atoms with Crippen LogP contribution in [0.3, 0.4) is 0 Å². The van der Waals surface area contributed by atoms with Crippen molar-refractivity contribution in [3.05, 3.63) is 57.9 Å². The van der Waals surface area contributed by atoms with Crippen LogP contribution in [-0.2, 0) is 24.0 Å². The molecule has 2 fully saturated rings. The molecule has 0 amide bonds. The first kappa shape index (κ1) is 26.6. The molecule has 2 aromatic rings. The van der Waals surface area contributed by atoms with Crippen LogP contribution in [-0.4, -0.2) is 12.7 Å². The number of aryl methyl sites for hydroxylation is 2. The zero-order chi connectivity index (χ0) is 25.9. The first-order valence-electron chi connectivity index (χ1n) is 14.6. The molecule has 1 aliphatic carbocycles. The van der Waals surface area contributed by atoms with Gasteiger partial charge in [-0.05, 0) is 79.9 Å². The molecule has 0 N–H and O–H groups in total. The standard InChI is InChI=1S/C32H41F3O2/c1-3-5-20-7-11-22(12-8-20)27-16-10-21(19-36-27)9-13-24-17-26-18-25-15-14-23(6-4-2)29(34)31(25)37-32(26)30(35)28(24)33/h14-15,17,20-22,27H,3-13,16,18-19H2,1-2H3. The number of rotatable bonds is 8. The van der Waals surface area contributed by atoms with Crippen molar-refractivity contribution >= 4 is 0 Å². The maximum atomic E-state index is 15.1. The van der Waals surface area contributed by atoms with E-state index in [2.05, 4.69) is 6.92 Å². The maximum absolute atomic E-state index is 15.1. The van der Waals surface area contributed by atoms with Crippen LogP contribution < -0.4 is 4.74 Å². The van der Waals surface area contributed by atoms with Crippen LogP contribution in [0.4, 0.5) is 13.2 Å². The molecular formula is C32H41F3O2. The van der Waals surface area contributed by atoms with E-state index >= 15 is 8.78 Å². The summed E-state index contributed by atoms with van der Waals surface area (Å²) in [5.41, 5.74) is 2.19. The third-order valence-electron chi connectivity index (χ3n) is 9.02. The van der Waals surface area contributed by atoms with Gasteiger partial charge in [0.05, 0.1) is 6.10 Å². The van der Waals surface area contributed by atoms with E-state index in [0.717, 1.165) is 31.6 Å². The van der Waals surface area contributed by atoms with E-state index in [1.807, 2.05) is 13.0 Å². The van der Waals surface area contributed by atoms with Crippen molar-refractivity contribution in [2.75, 3.05) is 6.61 Å². The molecule has 1 saturated heterocycles. The summed E-state index contributed by atoms with van der Waals surface area (Å²) in [5, 5.41) is 0. The second-order valence-electron chi connectivity index (χ2n) is 11.6. The second kappa shape index (κ2) is 11.8. The highest BCUT2D eigenvalue weighted by Gasteiger charge is 2.32. The van der Waals surface area contributed by atoms with Gasteiger partial charge < -0.3 is 9.47 Å². The molecule has 0 radical (unpaired) electrons. The molecular weight excluding hydrogens is 473 g/mol. The van der Waals surface area contributed by atoms with Gasteiger partial charge >= 0.3 is 0 Å². The maximum Gasteiger partial charge on any atom is 0.201 e. The summed E-state index contributed by atoms with van der Waals surface area (Å²) in [6, 6.07) is 5.34. The number of halogens is 3. The average Bonchev–Trinajstić information content (AvgIpc) is 2.92. The normalized spacial score (nSPS) is 25.3. The van der Waals surface area contributed by atoms with E-state index in [1.165, 1.54) is 38.5 Å². The SMILES string of the molecule is CCCc1ccc2c(c1F)Oc1c(cc(CCC3CCC(C4CCC(CCC)CC4)OC3)c(F)c1F)C2. The summed E-state index contributed by atoms with van der Waals surface area (Å²) < 4.78 is 57.0. The summed E-state index contributed by atoms with van der Waals surface area (Å²) in [4.78, 5) is 0. The Balaban J connectivity index is 1.18. The fraction of sp³-hybridized carbons (Fsp3) is 0.625. The van der Waals surface area contributed by atoms with E-state index < -0.39 is 17.5 Å². The van der Waals surface area contributed by atoms with Crippen molar-refractivity contribution in [1.29, 1.82) is 0 Å². The van der Waals surface area contributed by atoms with Crippen molar-refractivity contribution in [3.8, 4) is 11.5 Å². The van der Waals surface area contributed by atoms with Crippen molar-refractivity contribution in [2.45, 2.75) is 103 Å². The molecule has 2 unspecified atom stereocenters. The van der Waals surface area contributed by atoms with Gasteiger partial charge in [0, 0.05) is 24.2 Å². The van der Waals surface area contributed by atoms with E-state index in [4.69, 9.17) is 9.47 Å². The van der Waals surface area contributed by atoms with E-state index in [1.54, 1.807) is 12.1 Å². The van der Waals surface area contributed by atoms with Gasteiger partial charge in [-0.2, -0.15) is 4.39 Å². The summed E-state index contributed by atoms with van der Waals surface area (Å²) >= 11 is 0. The van der Waals surface area contributed by atoms with Crippen molar-refractivity contribution < 1.29 is 22.6 Å². The predicted octanol–water partition coefficient (Wildman–Crippen LogP) is 9.09. The summed E-state index contributed by atoms with van der Waals surface area (Å²) in [6.45, 7) is 4.96. The molecule has 2 aromatic carbocycles. The molecule has 2 aliphatic heterocycles.